The molecule has 15 heavy (non-hydrogen) atoms. The first-order chi connectivity index (χ1) is 7.07. The minimum atomic E-state index is -1.13. The second-order valence-corrected chi connectivity index (χ2v) is 3.03. The molecule has 1 atom stereocenters. The van der Waals surface area contributed by atoms with Gasteiger partial charge in [-0.15, -0.1) is 0 Å². The van der Waals surface area contributed by atoms with Gasteiger partial charge >= 0.3 is 0 Å². The molecule has 0 heterocycles. The van der Waals surface area contributed by atoms with E-state index in [2.05, 4.69) is 6.58 Å². The number of amides is 1. The first-order valence-corrected chi connectivity index (χ1v) is 4.37. The summed E-state index contributed by atoms with van der Waals surface area (Å²) >= 11 is 0. The standard InChI is InChI=1S/C11H13NO3/c1-7(11(12)14)10(13)8-5-3-4-6-9(8)15-2/h3-6,10,13H,1H2,2H3,(H2,12,14)/t10-/m1/s1. The summed E-state index contributed by atoms with van der Waals surface area (Å²) in [5.41, 5.74) is 5.45. The molecule has 1 aromatic rings. The van der Waals surface area contributed by atoms with E-state index in [1.807, 2.05) is 0 Å². The van der Waals surface area contributed by atoms with Gasteiger partial charge in [0.25, 0.3) is 0 Å². The highest BCUT2D eigenvalue weighted by atomic mass is 16.5. The molecule has 1 amide bonds. The van der Waals surface area contributed by atoms with Crippen molar-refractivity contribution in [3.63, 3.8) is 0 Å². The number of nitrogens with two attached hydrogens (primary N) is 1. The molecule has 0 saturated heterocycles. The van der Waals surface area contributed by atoms with Crippen LogP contribution in [0.2, 0.25) is 0 Å². The largest absolute Gasteiger partial charge is 0.496 e. The zero-order chi connectivity index (χ0) is 11.4. The lowest BCUT2D eigenvalue weighted by atomic mass is 10.0. The SMILES string of the molecule is C=C(C(N)=O)[C@@H](O)c1ccccc1OC. The highest BCUT2D eigenvalue weighted by Crippen LogP contribution is 2.28. The molecular weight excluding hydrogens is 194 g/mol. The topological polar surface area (TPSA) is 72.6 Å². The number of carbonyl (C=O) groups excluding carboxylic acids is 1. The van der Waals surface area contributed by atoms with Gasteiger partial charge in [0.1, 0.15) is 11.9 Å². The summed E-state index contributed by atoms with van der Waals surface area (Å²) in [5.74, 6) is -0.235. The Balaban J connectivity index is 3.05. The van der Waals surface area contributed by atoms with Gasteiger partial charge < -0.3 is 15.6 Å². The summed E-state index contributed by atoms with van der Waals surface area (Å²) in [4.78, 5) is 10.8. The van der Waals surface area contributed by atoms with Gasteiger partial charge in [-0.2, -0.15) is 0 Å². The van der Waals surface area contributed by atoms with Crippen LogP contribution in [0.25, 0.3) is 0 Å². The van der Waals surface area contributed by atoms with Crippen LogP contribution in [0.5, 0.6) is 5.75 Å². The van der Waals surface area contributed by atoms with E-state index in [-0.39, 0.29) is 5.57 Å². The van der Waals surface area contributed by atoms with Gasteiger partial charge in [0.2, 0.25) is 5.91 Å². The van der Waals surface area contributed by atoms with Crippen LogP contribution < -0.4 is 10.5 Å². The first kappa shape index (κ1) is 11.3. The van der Waals surface area contributed by atoms with Crippen LogP contribution in [-0.4, -0.2) is 18.1 Å². The van der Waals surface area contributed by atoms with E-state index < -0.39 is 12.0 Å². The van der Waals surface area contributed by atoms with Crippen LogP contribution in [0.4, 0.5) is 0 Å². The lowest BCUT2D eigenvalue weighted by Gasteiger charge is -2.14. The van der Waals surface area contributed by atoms with Gasteiger partial charge in [-0.1, -0.05) is 24.8 Å². The number of carbonyl (C=O) groups is 1. The molecule has 1 rings (SSSR count). The second-order valence-electron chi connectivity index (χ2n) is 3.03. The number of hydrogen-bond acceptors (Lipinski definition) is 3. The molecule has 4 nitrogen and oxygen atoms in total. The van der Waals surface area contributed by atoms with Crippen molar-refractivity contribution in [3.05, 3.63) is 42.0 Å². The van der Waals surface area contributed by atoms with E-state index in [1.165, 1.54) is 7.11 Å². The molecule has 0 saturated carbocycles. The van der Waals surface area contributed by atoms with Gasteiger partial charge in [-0.25, -0.2) is 0 Å². The summed E-state index contributed by atoms with van der Waals surface area (Å²) in [6, 6.07) is 6.84. The monoisotopic (exact) mass is 207 g/mol. The lowest BCUT2D eigenvalue weighted by molar-refractivity contribution is -0.115. The molecular formula is C11H13NO3. The third kappa shape index (κ3) is 2.35. The van der Waals surface area contributed by atoms with Crippen LogP contribution in [0.1, 0.15) is 11.7 Å². The maximum Gasteiger partial charge on any atom is 0.247 e. The highest BCUT2D eigenvalue weighted by molar-refractivity contribution is 5.92. The van der Waals surface area contributed by atoms with Crippen LogP contribution >= 0.6 is 0 Å². The van der Waals surface area contributed by atoms with E-state index in [4.69, 9.17) is 10.5 Å². The summed E-state index contributed by atoms with van der Waals surface area (Å²) in [5, 5.41) is 9.79. The molecule has 0 unspecified atom stereocenters. The maximum absolute atomic E-state index is 10.8. The predicted molar refractivity (Wildman–Crippen MR) is 56.3 cm³/mol. The molecule has 0 aliphatic carbocycles. The number of rotatable bonds is 4. The van der Waals surface area contributed by atoms with Crippen molar-refractivity contribution in [1.29, 1.82) is 0 Å². The molecule has 1 aromatic carbocycles. The van der Waals surface area contributed by atoms with Crippen LogP contribution in [0.3, 0.4) is 0 Å². The van der Waals surface area contributed by atoms with Gasteiger partial charge in [0.15, 0.2) is 0 Å². The molecule has 0 aromatic heterocycles. The second kappa shape index (κ2) is 4.61. The Kier molecular flexibility index (Phi) is 3.46. The van der Waals surface area contributed by atoms with Crippen molar-refractivity contribution in [2.45, 2.75) is 6.10 Å². The fraction of sp³-hybridized carbons (Fsp3) is 0.182. The zero-order valence-electron chi connectivity index (χ0n) is 8.43. The van der Waals surface area contributed by atoms with Crippen molar-refractivity contribution in [2.75, 3.05) is 7.11 Å². The van der Waals surface area contributed by atoms with E-state index in [9.17, 15) is 9.90 Å². The number of benzene rings is 1. The third-order valence-corrected chi connectivity index (χ3v) is 2.08. The molecule has 0 bridgehead atoms. The Morgan fingerprint density at radius 2 is 2.13 bits per heavy atom. The van der Waals surface area contributed by atoms with Crippen molar-refractivity contribution >= 4 is 5.91 Å². The van der Waals surface area contributed by atoms with Crippen molar-refractivity contribution in [1.82, 2.24) is 0 Å². The number of para-hydroxylation sites is 1. The third-order valence-electron chi connectivity index (χ3n) is 2.08. The van der Waals surface area contributed by atoms with Gasteiger partial charge in [0.05, 0.1) is 7.11 Å². The summed E-state index contributed by atoms with van der Waals surface area (Å²) in [6.45, 7) is 3.43. The van der Waals surface area contributed by atoms with Crippen LogP contribution in [-0.2, 0) is 4.79 Å². The fourth-order valence-corrected chi connectivity index (χ4v) is 1.21. The Morgan fingerprint density at radius 3 is 2.67 bits per heavy atom. The Labute approximate surface area is 88.0 Å². The minimum Gasteiger partial charge on any atom is -0.496 e. The lowest BCUT2D eigenvalue weighted by Crippen LogP contribution is -2.18. The Hall–Kier alpha value is -1.81. The first-order valence-electron chi connectivity index (χ1n) is 4.37. The molecule has 0 aliphatic rings. The van der Waals surface area contributed by atoms with E-state index in [0.29, 0.717) is 11.3 Å². The quantitative estimate of drug-likeness (QED) is 0.716. The number of hydrogen-bond donors (Lipinski definition) is 2. The van der Waals surface area contributed by atoms with Gasteiger partial charge in [0, 0.05) is 11.1 Å². The average Bonchev–Trinajstić information content (AvgIpc) is 2.26. The number of aliphatic hydroxyl groups is 1. The summed E-state index contributed by atoms with van der Waals surface area (Å²) < 4.78 is 5.04. The number of primary amides is 1. The number of aliphatic hydroxyl groups excluding tert-OH is 1. The molecule has 80 valence electrons. The van der Waals surface area contributed by atoms with Crippen LogP contribution in [0.15, 0.2) is 36.4 Å². The Morgan fingerprint density at radius 1 is 1.53 bits per heavy atom. The Bertz CT molecular complexity index is 387. The average molecular weight is 207 g/mol. The molecule has 3 N–H and O–H groups in total. The molecule has 0 radical (unpaired) electrons. The fourth-order valence-electron chi connectivity index (χ4n) is 1.21. The normalized spacial score (nSPS) is 11.9. The van der Waals surface area contributed by atoms with Crippen LogP contribution in [0, 0.1) is 0 Å². The molecule has 0 aliphatic heterocycles. The maximum atomic E-state index is 10.8. The highest BCUT2D eigenvalue weighted by Gasteiger charge is 2.19. The predicted octanol–water partition coefficient (Wildman–Crippen LogP) is 0.770. The van der Waals surface area contributed by atoms with E-state index >= 15 is 0 Å². The van der Waals surface area contributed by atoms with Crippen molar-refractivity contribution in [2.24, 2.45) is 5.73 Å². The molecule has 0 spiro atoms. The zero-order valence-corrected chi connectivity index (χ0v) is 8.43. The van der Waals surface area contributed by atoms with E-state index in [0.717, 1.165) is 0 Å². The molecule has 0 fully saturated rings. The van der Waals surface area contributed by atoms with Crippen molar-refractivity contribution in [3.8, 4) is 5.75 Å². The van der Waals surface area contributed by atoms with Gasteiger partial charge in [-0.3, -0.25) is 4.79 Å². The van der Waals surface area contributed by atoms with Crippen molar-refractivity contribution < 1.29 is 14.6 Å². The molecule has 4 heteroatoms. The smallest absolute Gasteiger partial charge is 0.247 e. The summed E-state index contributed by atoms with van der Waals surface area (Å²) in [7, 11) is 1.48. The summed E-state index contributed by atoms with van der Waals surface area (Å²) in [6.07, 6.45) is -1.13. The number of methoxy groups -OCH3 is 1. The van der Waals surface area contributed by atoms with E-state index in [1.54, 1.807) is 24.3 Å². The number of ether oxygens (including phenoxy) is 1. The van der Waals surface area contributed by atoms with Gasteiger partial charge in [-0.05, 0) is 6.07 Å². The minimum absolute atomic E-state index is 0.0560.